The molecule has 0 saturated heterocycles. The molecule has 4 N–H and O–H groups in total. The van der Waals surface area contributed by atoms with Crippen molar-refractivity contribution in [2.75, 3.05) is 26.8 Å². The number of alkyl carbamates (subject to hydrolysis) is 1. The molecule has 2 unspecified atom stereocenters. The summed E-state index contributed by atoms with van der Waals surface area (Å²) in [4.78, 5) is 51.5. The van der Waals surface area contributed by atoms with E-state index in [1.807, 2.05) is 6.92 Å². The second kappa shape index (κ2) is 13.4. The lowest BCUT2D eigenvalue weighted by molar-refractivity contribution is -0.145. The fourth-order valence-corrected chi connectivity index (χ4v) is 3.03. The molecule has 0 spiro atoms. The number of carbonyl (C=O) groups excluding carboxylic acids is 4. The molecule has 0 heterocycles. The minimum atomic E-state index is -1.41. The van der Waals surface area contributed by atoms with Crippen LogP contribution in [0.3, 0.4) is 0 Å². The van der Waals surface area contributed by atoms with Gasteiger partial charge in [0.15, 0.2) is 0 Å². The number of hydrogen-bond donors (Lipinski definition) is 4. The molecule has 34 heavy (non-hydrogen) atoms. The number of aromatic hydroxyl groups is 1. The van der Waals surface area contributed by atoms with Gasteiger partial charge in [-0.25, -0.2) is 4.79 Å². The number of para-hydroxylation sites is 1. The molecular weight excluding hydrogens is 446 g/mol. The summed E-state index contributed by atoms with van der Waals surface area (Å²) in [5, 5.41) is 25.0. The number of methoxy groups -OCH3 is 1. The van der Waals surface area contributed by atoms with E-state index >= 15 is 0 Å². The van der Waals surface area contributed by atoms with E-state index in [2.05, 4.69) is 15.4 Å². The Morgan fingerprint density at radius 3 is 2.32 bits per heavy atom. The van der Waals surface area contributed by atoms with Crippen molar-refractivity contribution >= 4 is 23.9 Å². The predicted octanol–water partition coefficient (Wildman–Crippen LogP) is 1.24. The average Bonchev–Trinajstić information content (AvgIpc) is 2.77. The number of aliphatic hydroxyl groups excluding tert-OH is 1. The Balaban J connectivity index is 3.36. The van der Waals surface area contributed by atoms with E-state index in [1.54, 1.807) is 32.9 Å². The van der Waals surface area contributed by atoms with Gasteiger partial charge < -0.3 is 35.2 Å². The molecule has 2 atom stereocenters. The lowest BCUT2D eigenvalue weighted by Gasteiger charge is -2.34. The molecule has 1 rings (SSSR count). The number of ether oxygens (including phenoxy) is 2. The first-order valence-electron chi connectivity index (χ1n) is 11.0. The van der Waals surface area contributed by atoms with Crippen LogP contribution in [0, 0.1) is 0 Å². The lowest BCUT2D eigenvalue weighted by atomic mass is 10.0. The average molecular weight is 482 g/mol. The summed E-state index contributed by atoms with van der Waals surface area (Å²) in [5.74, 6) is -2.44. The molecule has 1 aromatic carbocycles. The van der Waals surface area contributed by atoms with Crippen molar-refractivity contribution in [3.8, 4) is 5.75 Å². The molecule has 0 aliphatic carbocycles. The van der Waals surface area contributed by atoms with Crippen molar-refractivity contribution in [1.82, 2.24) is 15.5 Å². The zero-order valence-corrected chi connectivity index (χ0v) is 20.3. The van der Waals surface area contributed by atoms with Gasteiger partial charge in [-0.3, -0.25) is 14.4 Å². The van der Waals surface area contributed by atoms with E-state index in [0.29, 0.717) is 12.8 Å². The first-order valence-corrected chi connectivity index (χ1v) is 11.0. The molecular formula is C23H35N3O8. The summed E-state index contributed by atoms with van der Waals surface area (Å²) in [6, 6.07) is 3.22. The number of phenolic OH excluding ortho intramolecular Hbond substituents is 1. The summed E-state index contributed by atoms with van der Waals surface area (Å²) >= 11 is 0. The van der Waals surface area contributed by atoms with Crippen LogP contribution in [0.4, 0.5) is 4.79 Å². The highest BCUT2D eigenvalue weighted by atomic mass is 16.6. The highest BCUT2D eigenvalue weighted by Crippen LogP contribution is 2.30. The first-order chi connectivity index (χ1) is 15.9. The fourth-order valence-electron chi connectivity index (χ4n) is 3.03. The van der Waals surface area contributed by atoms with E-state index in [9.17, 15) is 29.4 Å². The van der Waals surface area contributed by atoms with Crippen molar-refractivity contribution in [3.05, 3.63) is 29.8 Å². The highest BCUT2D eigenvalue weighted by molar-refractivity contribution is 5.93. The van der Waals surface area contributed by atoms with Gasteiger partial charge in [-0.2, -0.15) is 0 Å². The monoisotopic (exact) mass is 481 g/mol. The van der Waals surface area contributed by atoms with Gasteiger partial charge in [0.05, 0.1) is 13.7 Å². The van der Waals surface area contributed by atoms with E-state index in [0.717, 1.165) is 4.90 Å². The zero-order valence-electron chi connectivity index (χ0n) is 20.3. The molecule has 11 heteroatoms. The molecule has 0 bridgehead atoms. The minimum absolute atomic E-state index is 0.0759. The maximum atomic E-state index is 13.4. The van der Waals surface area contributed by atoms with Crippen LogP contribution in [0.25, 0.3) is 0 Å². The van der Waals surface area contributed by atoms with Crippen LogP contribution in [0.15, 0.2) is 24.3 Å². The second-order valence-corrected chi connectivity index (χ2v) is 8.52. The van der Waals surface area contributed by atoms with Crippen LogP contribution in [-0.2, 0) is 23.9 Å². The van der Waals surface area contributed by atoms with E-state index in [-0.39, 0.29) is 17.9 Å². The third-order valence-electron chi connectivity index (χ3n) is 4.63. The topological polar surface area (TPSA) is 154 Å². The molecule has 0 fully saturated rings. The first kappa shape index (κ1) is 28.7. The van der Waals surface area contributed by atoms with Crippen LogP contribution < -0.4 is 10.6 Å². The van der Waals surface area contributed by atoms with Crippen molar-refractivity contribution < 1.29 is 38.9 Å². The van der Waals surface area contributed by atoms with Crippen LogP contribution in [-0.4, -0.2) is 77.4 Å². The number of unbranched alkanes of at least 4 members (excludes halogenated alkanes) is 1. The number of esters is 1. The Morgan fingerprint density at radius 2 is 1.79 bits per heavy atom. The minimum Gasteiger partial charge on any atom is -0.508 e. The molecule has 0 radical (unpaired) electrons. The Hall–Kier alpha value is -3.34. The van der Waals surface area contributed by atoms with Crippen LogP contribution in [0.5, 0.6) is 5.75 Å². The van der Waals surface area contributed by atoms with Crippen molar-refractivity contribution in [1.29, 1.82) is 0 Å². The molecule has 0 aliphatic rings. The summed E-state index contributed by atoms with van der Waals surface area (Å²) in [7, 11) is 1.17. The van der Waals surface area contributed by atoms with Crippen molar-refractivity contribution in [2.45, 2.75) is 58.2 Å². The third-order valence-corrected chi connectivity index (χ3v) is 4.63. The predicted molar refractivity (Wildman–Crippen MR) is 123 cm³/mol. The fraction of sp³-hybridized carbons (Fsp3) is 0.565. The number of carbonyl (C=O) groups is 4. The molecule has 190 valence electrons. The van der Waals surface area contributed by atoms with Crippen molar-refractivity contribution in [2.24, 2.45) is 0 Å². The van der Waals surface area contributed by atoms with Gasteiger partial charge in [0.2, 0.25) is 11.8 Å². The standard InChI is InChI=1S/C23H35N3O8/c1-6-7-12-26(21(31)16(14-27)25-22(32)34-23(2,3)4)19(15-10-8-9-11-17(15)28)20(30)24-13-18(29)33-5/h8-11,16,19,27-28H,6-7,12-14H2,1-5H3,(H,24,30)(H,25,32). The Bertz CT molecular complexity index is 853. The number of aliphatic hydroxyl groups is 1. The highest BCUT2D eigenvalue weighted by Gasteiger charge is 2.37. The molecule has 11 nitrogen and oxygen atoms in total. The number of amides is 3. The summed E-state index contributed by atoms with van der Waals surface area (Å²) < 4.78 is 9.71. The maximum Gasteiger partial charge on any atom is 0.408 e. The molecule has 0 aromatic heterocycles. The van der Waals surface area contributed by atoms with Gasteiger partial charge in [0.25, 0.3) is 0 Å². The number of hydrogen-bond acceptors (Lipinski definition) is 8. The van der Waals surface area contributed by atoms with Crippen molar-refractivity contribution in [3.63, 3.8) is 0 Å². The Kier molecular flexibility index (Phi) is 11.3. The molecule has 0 aliphatic heterocycles. The molecule has 0 saturated carbocycles. The van der Waals surface area contributed by atoms with Crippen LogP contribution >= 0.6 is 0 Å². The van der Waals surface area contributed by atoms with E-state index < -0.39 is 54.7 Å². The normalized spacial score (nSPS) is 12.8. The quantitative estimate of drug-likeness (QED) is 0.344. The molecule has 1 aromatic rings. The number of benzene rings is 1. The number of rotatable bonds is 11. The van der Waals surface area contributed by atoms with Gasteiger partial charge in [-0.15, -0.1) is 0 Å². The zero-order chi connectivity index (χ0) is 25.9. The lowest BCUT2D eigenvalue weighted by Crippen LogP contribution is -2.54. The van der Waals surface area contributed by atoms with Crippen LogP contribution in [0.2, 0.25) is 0 Å². The van der Waals surface area contributed by atoms with E-state index in [1.165, 1.54) is 19.2 Å². The van der Waals surface area contributed by atoms with E-state index in [4.69, 9.17) is 4.74 Å². The molecule has 3 amide bonds. The Labute approximate surface area is 199 Å². The third kappa shape index (κ3) is 8.89. The van der Waals surface area contributed by atoms with Gasteiger partial charge in [0.1, 0.15) is 30.0 Å². The summed E-state index contributed by atoms with van der Waals surface area (Å²) in [5.41, 5.74) is -0.718. The van der Waals surface area contributed by atoms with Gasteiger partial charge in [0, 0.05) is 12.1 Å². The summed E-state index contributed by atoms with van der Waals surface area (Å²) in [6.07, 6.45) is 0.249. The summed E-state index contributed by atoms with van der Waals surface area (Å²) in [6.45, 7) is 5.71. The number of nitrogens with one attached hydrogen (secondary N) is 2. The number of nitrogens with zero attached hydrogens (tertiary/aromatic N) is 1. The number of phenols is 1. The van der Waals surface area contributed by atoms with Gasteiger partial charge in [-0.05, 0) is 33.3 Å². The Morgan fingerprint density at radius 1 is 1.15 bits per heavy atom. The second-order valence-electron chi connectivity index (χ2n) is 8.52. The smallest absolute Gasteiger partial charge is 0.408 e. The van der Waals surface area contributed by atoms with Gasteiger partial charge >= 0.3 is 12.1 Å². The maximum absolute atomic E-state index is 13.4. The largest absolute Gasteiger partial charge is 0.508 e. The van der Waals surface area contributed by atoms with Crippen LogP contribution in [0.1, 0.15) is 52.1 Å². The van der Waals surface area contributed by atoms with Gasteiger partial charge in [-0.1, -0.05) is 31.5 Å². The SMILES string of the molecule is CCCCN(C(=O)C(CO)NC(=O)OC(C)(C)C)C(C(=O)NCC(=O)OC)c1ccccc1O.